The average molecular weight is 214 g/mol. The Morgan fingerprint density at radius 1 is 1.19 bits per heavy atom. The largest absolute Gasteiger partial charge is 0.299 e. The molecule has 3 rings (SSSR count). The number of carbonyl (C=O) groups is 2. The van der Waals surface area contributed by atoms with E-state index < -0.39 is 0 Å². The molecule has 16 heavy (non-hydrogen) atoms. The van der Waals surface area contributed by atoms with Crippen LogP contribution in [0.1, 0.15) is 29.6 Å². The summed E-state index contributed by atoms with van der Waals surface area (Å²) in [7, 11) is 0. The molecule has 2 heteroatoms. The third-order valence-electron chi connectivity index (χ3n) is 3.86. The molecule has 0 bridgehead atoms. The minimum absolute atomic E-state index is 0.00241. The molecular weight excluding hydrogens is 200 g/mol. The van der Waals surface area contributed by atoms with Crippen LogP contribution in [0.3, 0.4) is 0 Å². The molecule has 0 heterocycles. The monoisotopic (exact) mass is 214 g/mol. The van der Waals surface area contributed by atoms with E-state index >= 15 is 0 Å². The number of fused-ring (bicyclic) bond motifs is 1. The van der Waals surface area contributed by atoms with E-state index in [0.29, 0.717) is 18.1 Å². The van der Waals surface area contributed by atoms with E-state index in [4.69, 9.17) is 0 Å². The molecule has 0 N–H and O–H groups in total. The van der Waals surface area contributed by atoms with Crippen molar-refractivity contribution in [3.05, 3.63) is 35.9 Å². The summed E-state index contributed by atoms with van der Waals surface area (Å²) in [6.07, 6.45) is 2.71. The van der Waals surface area contributed by atoms with Gasteiger partial charge in [0.05, 0.1) is 0 Å². The Labute approximate surface area is 94.7 Å². The Morgan fingerprint density at radius 2 is 1.94 bits per heavy atom. The van der Waals surface area contributed by atoms with Gasteiger partial charge in [0.25, 0.3) is 0 Å². The lowest BCUT2D eigenvalue weighted by molar-refractivity contribution is -0.121. The number of Topliss-reactive ketones (excluding diaryl/α,β-unsaturated/α-hetero) is 2. The summed E-state index contributed by atoms with van der Waals surface area (Å²) in [6, 6.07) is 9.35. The van der Waals surface area contributed by atoms with Crippen molar-refractivity contribution in [2.24, 2.45) is 17.8 Å². The summed E-state index contributed by atoms with van der Waals surface area (Å²) in [5.74, 6) is 0.893. The van der Waals surface area contributed by atoms with Crippen LogP contribution in [0.5, 0.6) is 0 Å². The maximum absolute atomic E-state index is 12.2. The van der Waals surface area contributed by atoms with Crippen molar-refractivity contribution in [1.29, 1.82) is 0 Å². The summed E-state index contributed by atoms with van der Waals surface area (Å²) in [5.41, 5.74) is 0.759. The van der Waals surface area contributed by atoms with Gasteiger partial charge < -0.3 is 0 Å². The Bertz CT molecular complexity index is 435. The van der Waals surface area contributed by atoms with E-state index in [2.05, 4.69) is 0 Å². The quantitative estimate of drug-likeness (QED) is 0.709. The van der Waals surface area contributed by atoms with Crippen LogP contribution in [0, 0.1) is 17.8 Å². The van der Waals surface area contributed by atoms with Crippen LogP contribution in [0.4, 0.5) is 0 Å². The zero-order chi connectivity index (χ0) is 11.1. The molecule has 2 aliphatic carbocycles. The Balaban J connectivity index is 1.81. The van der Waals surface area contributed by atoms with Gasteiger partial charge in [-0.15, -0.1) is 0 Å². The fraction of sp³-hybridized carbons (Fsp3) is 0.429. The second-order valence-electron chi connectivity index (χ2n) is 4.80. The number of hydrogen-bond donors (Lipinski definition) is 0. The van der Waals surface area contributed by atoms with Crippen LogP contribution in [0.15, 0.2) is 30.3 Å². The zero-order valence-corrected chi connectivity index (χ0v) is 9.06. The van der Waals surface area contributed by atoms with Crippen molar-refractivity contribution in [1.82, 2.24) is 0 Å². The first kappa shape index (κ1) is 9.76. The molecule has 3 atom stereocenters. The van der Waals surface area contributed by atoms with E-state index in [9.17, 15) is 9.59 Å². The molecule has 0 spiro atoms. The second kappa shape index (κ2) is 3.55. The maximum atomic E-state index is 12.2. The fourth-order valence-corrected chi connectivity index (χ4v) is 3.00. The van der Waals surface area contributed by atoms with Crippen molar-refractivity contribution >= 4 is 11.6 Å². The predicted molar refractivity (Wildman–Crippen MR) is 60.1 cm³/mol. The Kier molecular flexibility index (Phi) is 2.16. The molecule has 1 aromatic carbocycles. The second-order valence-corrected chi connectivity index (χ2v) is 4.80. The van der Waals surface area contributed by atoms with Crippen LogP contribution in [0.25, 0.3) is 0 Å². The lowest BCUT2D eigenvalue weighted by Gasteiger charge is -2.04. The van der Waals surface area contributed by atoms with Crippen molar-refractivity contribution in [2.75, 3.05) is 0 Å². The number of hydrogen-bond acceptors (Lipinski definition) is 2. The first-order valence-corrected chi connectivity index (χ1v) is 5.91. The number of carbonyl (C=O) groups excluding carboxylic acids is 2. The molecule has 0 aliphatic heterocycles. The SMILES string of the molecule is O=C1CCCC2C1C2C(=O)c1ccccc1. The van der Waals surface area contributed by atoms with E-state index in [1.165, 1.54) is 0 Å². The molecule has 1 aromatic rings. The molecule has 0 saturated heterocycles. The van der Waals surface area contributed by atoms with Gasteiger partial charge in [0.15, 0.2) is 5.78 Å². The lowest BCUT2D eigenvalue weighted by atomic mass is 10.00. The number of rotatable bonds is 2. The summed E-state index contributed by atoms with van der Waals surface area (Å²) >= 11 is 0. The molecule has 2 nitrogen and oxygen atoms in total. The predicted octanol–water partition coefficient (Wildman–Crippen LogP) is 2.48. The highest BCUT2D eigenvalue weighted by Gasteiger charge is 2.58. The molecule has 0 amide bonds. The number of ketones is 2. The van der Waals surface area contributed by atoms with Crippen LogP contribution in [-0.2, 0) is 4.79 Å². The molecule has 0 aromatic heterocycles. The summed E-state index contributed by atoms with van der Waals surface area (Å²) in [6.45, 7) is 0. The molecule has 2 aliphatic rings. The van der Waals surface area contributed by atoms with E-state index in [0.717, 1.165) is 18.4 Å². The van der Waals surface area contributed by atoms with Crippen LogP contribution < -0.4 is 0 Å². The van der Waals surface area contributed by atoms with E-state index in [-0.39, 0.29) is 17.6 Å². The van der Waals surface area contributed by atoms with Gasteiger partial charge in [-0.05, 0) is 18.8 Å². The highest BCUT2D eigenvalue weighted by Crippen LogP contribution is 2.54. The summed E-state index contributed by atoms with van der Waals surface area (Å²) in [4.78, 5) is 23.8. The molecular formula is C14H14O2. The van der Waals surface area contributed by atoms with Crippen LogP contribution >= 0.6 is 0 Å². The van der Waals surface area contributed by atoms with Gasteiger partial charge in [-0.2, -0.15) is 0 Å². The topological polar surface area (TPSA) is 34.1 Å². The maximum Gasteiger partial charge on any atom is 0.166 e. The summed E-state index contributed by atoms with van der Waals surface area (Å²) in [5, 5.41) is 0. The molecule has 2 saturated carbocycles. The molecule has 3 unspecified atom stereocenters. The van der Waals surface area contributed by atoms with Gasteiger partial charge in [-0.1, -0.05) is 30.3 Å². The smallest absolute Gasteiger partial charge is 0.166 e. The minimum atomic E-state index is -0.00241. The third kappa shape index (κ3) is 1.41. The van der Waals surface area contributed by atoms with Crippen molar-refractivity contribution in [3.63, 3.8) is 0 Å². The third-order valence-corrected chi connectivity index (χ3v) is 3.86. The van der Waals surface area contributed by atoms with Crippen molar-refractivity contribution in [2.45, 2.75) is 19.3 Å². The van der Waals surface area contributed by atoms with Gasteiger partial charge in [0.1, 0.15) is 5.78 Å². The van der Waals surface area contributed by atoms with Crippen LogP contribution in [-0.4, -0.2) is 11.6 Å². The molecule has 2 fully saturated rings. The standard InChI is InChI=1S/C14H14O2/c15-11-8-4-7-10-12(11)13(10)14(16)9-5-2-1-3-6-9/h1-3,5-6,10,12-13H,4,7-8H2. The lowest BCUT2D eigenvalue weighted by Crippen LogP contribution is -2.09. The first-order valence-electron chi connectivity index (χ1n) is 5.91. The Hall–Kier alpha value is -1.44. The van der Waals surface area contributed by atoms with Gasteiger partial charge >= 0.3 is 0 Å². The van der Waals surface area contributed by atoms with Gasteiger partial charge in [-0.25, -0.2) is 0 Å². The fourth-order valence-electron chi connectivity index (χ4n) is 3.00. The normalized spacial score (nSPS) is 32.0. The first-order chi connectivity index (χ1) is 7.79. The average Bonchev–Trinajstić information content (AvgIpc) is 3.05. The van der Waals surface area contributed by atoms with Gasteiger partial charge in [0, 0.05) is 23.8 Å². The Morgan fingerprint density at radius 3 is 2.62 bits per heavy atom. The van der Waals surface area contributed by atoms with E-state index in [1.807, 2.05) is 30.3 Å². The van der Waals surface area contributed by atoms with Gasteiger partial charge in [0.2, 0.25) is 0 Å². The highest BCUT2D eigenvalue weighted by molar-refractivity contribution is 6.04. The van der Waals surface area contributed by atoms with E-state index in [1.54, 1.807) is 0 Å². The van der Waals surface area contributed by atoms with Crippen molar-refractivity contribution < 1.29 is 9.59 Å². The zero-order valence-electron chi connectivity index (χ0n) is 9.06. The molecule has 82 valence electrons. The minimum Gasteiger partial charge on any atom is -0.299 e. The molecule has 0 radical (unpaired) electrons. The highest BCUT2D eigenvalue weighted by atomic mass is 16.1. The summed E-state index contributed by atoms with van der Waals surface area (Å²) < 4.78 is 0. The van der Waals surface area contributed by atoms with Gasteiger partial charge in [-0.3, -0.25) is 9.59 Å². The van der Waals surface area contributed by atoms with Crippen molar-refractivity contribution in [3.8, 4) is 0 Å². The number of benzene rings is 1. The van der Waals surface area contributed by atoms with Crippen LogP contribution in [0.2, 0.25) is 0 Å².